The van der Waals surface area contributed by atoms with Gasteiger partial charge in [0.25, 0.3) is 0 Å². The van der Waals surface area contributed by atoms with Crippen molar-refractivity contribution in [2.75, 3.05) is 31.3 Å². The summed E-state index contributed by atoms with van der Waals surface area (Å²) in [5.74, 6) is 2.50. The number of unbranched alkanes of at least 4 members (excludes halogenated alkanes) is 8. The lowest BCUT2D eigenvalue weighted by molar-refractivity contribution is -0.0186. The molecule has 0 saturated carbocycles. The first kappa shape index (κ1) is 28.2. The molecule has 0 aromatic carbocycles. The van der Waals surface area contributed by atoms with E-state index in [0.29, 0.717) is 13.2 Å². The van der Waals surface area contributed by atoms with Crippen molar-refractivity contribution in [2.24, 2.45) is 5.92 Å². The monoisotopic (exact) mass is 418 g/mol. The van der Waals surface area contributed by atoms with E-state index in [9.17, 15) is 4.55 Å². The summed E-state index contributed by atoms with van der Waals surface area (Å²) < 4.78 is 23.6. The summed E-state index contributed by atoms with van der Waals surface area (Å²) in [4.78, 5) is 0. The highest BCUT2D eigenvalue weighted by molar-refractivity contribution is 7.91. The third-order valence-electron chi connectivity index (χ3n) is 5.17. The molecule has 0 aliphatic carbocycles. The van der Waals surface area contributed by atoms with Crippen molar-refractivity contribution in [2.45, 2.75) is 117 Å². The summed E-state index contributed by atoms with van der Waals surface area (Å²) in [6.07, 6.45) is 16.3. The maximum atomic E-state index is 12.1. The number of ether oxygens (including phenoxy) is 2. The van der Waals surface area contributed by atoms with Gasteiger partial charge in [-0.05, 0) is 31.6 Å². The van der Waals surface area contributed by atoms with Crippen LogP contribution in [0.4, 0.5) is 0 Å². The van der Waals surface area contributed by atoms with Gasteiger partial charge in [0.1, 0.15) is 11.5 Å². The molecular weight excluding hydrogens is 368 g/mol. The molecule has 28 heavy (non-hydrogen) atoms. The van der Waals surface area contributed by atoms with Gasteiger partial charge in [-0.15, -0.1) is 0 Å². The fraction of sp³-hybridized carbons (Fsp3) is 1.00. The van der Waals surface area contributed by atoms with Crippen molar-refractivity contribution < 1.29 is 14.0 Å². The van der Waals surface area contributed by atoms with Gasteiger partial charge in [0.2, 0.25) is 0 Å². The van der Waals surface area contributed by atoms with E-state index in [2.05, 4.69) is 27.7 Å². The number of rotatable bonds is 22. The van der Waals surface area contributed by atoms with Gasteiger partial charge in [-0.3, -0.25) is 0 Å². The molecule has 0 heterocycles. The molecule has 170 valence electrons. The SMILES string of the molecule is CCCCOC(CC)COCCC[S+]([O-])CCCCCCCCCCC(C)C. The van der Waals surface area contributed by atoms with Crippen molar-refractivity contribution in [3.63, 3.8) is 0 Å². The lowest BCUT2D eigenvalue weighted by Gasteiger charge is -2.16. The van der Waals surface area contributed by atoms with Crippen molar-refractivity contribution in [1.29, 1.82) is 0 Å². The average Bonchev–Trinajstić information content (AvgIpc) is 2.67. The largest absolute Gasteiger partial charge is 0.616 e. The predicted molar refractivity (Wildman–Crippen MR) is 125 cm³/mol. The van der Waals surface area contributed by atoms with E-state index in [0.717, 1.165) is 49.7 Å². The molecule has 0 radical (unpaired) electrons. The van der Waals surface area contributed by atoms with E-state index < -0.39 is 11.2 Å². The highest BCUT2D eigenvalue weighted by atomic mass is 32.2. The Morgan fingerprint density at radius 2 is 1.36 bits per heavy atom. The minimum atomic E-state index is -0.669. The lowest BCUT2D eigenvalue weighted by Crippen LogP contribution is -2.21. The Kier molecular flexibility index (Phi) is 22.1. The molecular formula is C24H50O3S. The van der Waals surface area contributed by atoms with Gasteiger partial charge in [-0.1, -0.05) is 90.2 Å². The van der Waals surface area contributed by atoms with E-state index in [4.69, 9.17) is 9.47 Å². The van der Waals surface area contributed by atoms with Crippen LogP contribution in [-0.4, -0.2) is 42.0 Å². The van der Waals surface area contributed by atoms with Crippen LogP contribution in [0.1, 0.15) is 111 Å². The van der Waals surface area contributed by atoms with Gasteiger partial charge in [0, 0.05) is 13.0 Å². The quantitative estimate of drug-likeness (QED) is 0.142. The molecule has 0 N–H and O–H groups in total. The highest BCUT2D eigenvalue weighted by Gasteiger charge is 2.08. The molecule has 0 spiro atoms. The van der Waals surface area contributed by atoms with Crippen LogP contribution in [0, 0.1) is 5.92 Å². The second kappa shape index (κ2) is 21.9. The van der Waals surface area contributed by atoms with Crippen LogP contribution >= 0.6 is 0 Å². The minimum Gasteiger partial charge on any atom is -0.616 e. The fourth-order valence-electron chi connectivity index (χ4n) is 3.19. The van der Waals surface area contributed by atoms with Gasteiger partial charge in [0.05, 0.1) is 19.3 Å². The standard InChI is InChI=1S/C24H50O3S/c1-5-7-19-27-24(6-2)22-26-18-16-21-28(25)20-15-13-11-9-8-10-12-14-17-23(3)4/h23-24H,5-22H2,1-4H3. The first-order valence-electron chi connectivity index (χ1n) is 12.1. The van der Waals surface area contributed by atoms with Crippen LogP contribution in [-0.2, 0) is 20.6 Å². The Morgan fingerprint density at radius 1 is 0.750 bits per heavy atom. The molecule has 0 amide bonds. The molecule has 0 aromatic rings. The smallest absolute Gasteiger partial charge is 0.107 e. The molecule has 0 rings (SSSR count). The van der Waals surface area contributed by atoms with E-state index in [1.165, 1.54) is 57.8 Å². The van der Waals surface area contributed by atoms with E-state index >= 15 is 0 Å². The second-order valence-electron chi connectivity index (χ2n) is 8.54. The summed E-state index contributed by atoms with van der Waals surface area (Å²) in [6, 6.07) is 0. The van der Waals surface area contributed by atoms with Crippen LogP contribution in [0.3, 0.4) is 0 Å². The van der Waals surface area contributed by atoms with Crippen molar-refractivity contribution in [1.82, 2.24) is 0 Å². The summed E-state index contributed by atoms with van der Waals surface area (Å²) in [5, 5.41) is 0. The molecule has 3 nitrogen and oxygen atoms in total. The minimum absolute atomic E-state index is 0.215. The van der Waals surface area contributed by atoms with Gasteiger partial charge in [-0.2, -0.15) is 0 Å². The normalized spacial score (nSPS) is 13.9. The van der Waals surface area contributed by atoms with Crippen LogP contribution in [0.5, 0.6) is 0 Å². The average molecular weight is 419 g/mol. The van der Waals surface area contributed by atoms with Gasteiger partial charge >= 0.3 is 0 Å². The van der Waals surface area contributed by atoms with E-state index in [1.807, 2.05) is 0 Å². The zero-order valence-electron chi connectivity index (χ0n) is 19.5. The van der Waals surface area contributed by atoms with E-state index in [-0.39, 0.29) is 6.10 Å². The second-order valence-corrected chi connectivity index (χ2v) is 10.2. The zero-order chi connectivity index (χ0) is 20.9. The Hall–Kier alpha value is 0.230. The Balaban J connectivity index is 3.33. The first-order valence-corrected chi connectivity index (χ1v) is 13.6. The third kappa shape index (κ3) is 21.0. The summed E-state index contributed by atoms with van der Waals surface area (Å²) >= 11 is -0.669. The van der Waals surface area contributed by atoms with Crippen LogP contribution in [0.15, 0.2) is 0 Å². The molecule has 0 aromatic heterocycles. The molecule has 0 aliphatic heterocycles. The highest BCUT2D eigenvalue weighted by Crippen LogP contribution is 2.13. The maximum Gasteiger partial charge on any atom is 0.107 e. The van der Waals surface area contributed by atoms with Crippen LogP contribution in [0.2, 0.25) is 0 Å². The summed E-state index contributed by atoms with van der Waals surface area (Å²) in [5.41, 5.74) is 0. The van der Waals surface area contributed by atoms with Gasteiger partial charge < -0.3 is 14.0 Å². The molecule has 0 bridgehead atoms. The number of hydrogen-bond acceptors (Lipinski definition) is 3. The van der Waals surface area contributed by atoms with Crippen molar-refractivity contribution in [3.8, 4) is 0 Å². The Morgan fingerprint density at radius 3 is 1.96 bits per heavy atom. The summed E-state index contributed by atoms with van der Waals surface area (Å²) in [6.45, 7) is 11.1. The van der Waals surface area contributed by atoms with Crippen molar-refractivity contribution in [3.05, 3.63) is 0 Å². The van der Waals surface area contributed by atoms with Gasteiger partial charge in [-0.25, -0.2) is 0 Å². The van der Waals surface area contributed by atoms with Crippen LogP contribution < -0.4 is 0 Å². The number of hydrogen-bond donors (Lipinski definition) is 0. The molecule has 0 saturated heterocycles. The molecule has 0 aliphatic rings. The topological polar surface area (TPSA) is 41.5 Å². The predicted octanol–water partition coefficient (Wildman–Crippen LogP) is 6.90. The maximum absolute atomic E-state index is 12.1. The molecule has 4 heteroatoms. The lowest BCUT2D eigenvalue weighted by atomic mass is 10.0. The Labute approximate surface area is 179 Å². The Bertz CT molecular complexity index is 300. The third-order valence-corrected chi connectivity index (χ3v) is 6.66. The zero-order valence-corrected chi connectivity index (χ0v) is 20.3. The molecule has 0 fully saturated rings. The van der Waals surface area contributed by atoms with Crippen molar-refractivity contribution >= 4 is 11.2 Å². The van der Waals surface area contributed by atoms with Gasteiger partial charge in [0.15, 0.2) is 0 Å². The van der Waals surface area contributed by atoms with E-state index in [1.54, 1.807) is 0 Å². The molecule has 2 unspecified atom stereocenters. The summed E-state index contributed by atoms with van der Waals surface area (Å²) in [7, 11) is 0. The van der Waals surface area contributed by atoms with Crippen LogP contribution in [0.25, 0.3) is 0 Å². The fourth-order valence-corrected chi connectivity index (χ4v) is 4.36. The molecule has 2 atom stereocenters. The first-order chi connectivity index (χ1) is 13.6.